The van der Waals surface area contributed by atoms with E-state index in [4.69, 9.17) is 5.11 Å². The molecule has 3 N–H and O–H groups in total. The Kier molecular flexibility index (Phi) is 2.79. The summed E-state index contributed by atoms with van der Waals surface area (Å²) in [5.41, 5.74) is 1.80. The molecule has 1 unspecified atom stereocenters. The first kappa shape index (κ1) is 11.9. The molecule has 0 fully saturated rings. The lowest BCUT2D eigenvalue weighted by Crippen LogP contribution is -2.45. The quantitative estimate of drug-likeness (QED) is 0.760. The average molecular weight is 261 g/mol. The number of carbonyl (C=O) groups is 1. The molecule has 3 rings (SSSR count). The second kappa shape index (κ2) is 4.47. The average Bonchev–Trinajstić information content (AvgIpc) is 2.86. The predicted octanol–water partition coefficient (Wildman–Crippen LogP) is 1.24. The van der Waals surface area contributed by atoms with Crippen LogP contribution in [0.1, 0.15) is 23.0 Å². The van der Waals surface area contributed by atoms with Crippen LogP contribution >= 0.6 is 0 Å². The Morgan fingerprint density at radius 1 is 1.42 bits per heavy atom. The number of halogens is 1. The van der Waals surface area contributed by atoms with Crippen LogP contribution in [0.2, 0.25) is 0 Å². The zero-order valence-electron chi connectivity index (χ0n) is 9.93. The van der Waals surface area contributed by atoms with E-state index in [-0.39, 0.29) is 5.82 Å². The fourth-order valence-corrected chi connectivity index (χ4v) is 2.39. The third-order valence-electron chi connectivity index (χ3n) is 3.32. The molecule has 2 heterocycles. The van der Waals surface area contributed by atoms with Gasteiger partial charge in [0.2, 0.25) is 0 Å². The molecule has 2 aromatic rings. The van der Waals surface area contributed by atoms with Gasteiger partial charge in [0.25, 0.3) is 0 Å². The number of aliphatic carboxylic acids is 1. The molecule has 0 saturated heterocycles. The Morgan fingerprint density at radius 3 is 2.95 bits per heavy atom. The third-order valence-corrected chi connectivity index (χ3v) is 3.32. The summed E-state index contributed by atoms with van der Waals surface area (Å²) >= 11 is 0. The van der Waals surface area contributed by atoms with Crippen LogP contribution in [0.5, 0.6) is 0 Å². The number of aromatic nitrogens is 2. The molecule has 5 nitrogen and oxygen atoms in total. The van der Waals surface area contributed by atoms with Crippen molar-refractivity contribution in [1.29, 1.82) is 0 Å². The van der Waals surface area contributed by atoms with Gasteiger partial charge >= 0.3 is 5.97 Å². The number of aromatic amines is 1. The van der Waals surface area contributed by atoms with Crippen molar-refractivity contribution in [3.05, 3.63) is 53.4 Å². The minimum atomic E-state index is -0.957. The van der Waals surface area contributed by atoms with Crippen molar-refractivity contribution >= 4 is 5.97 Å². The standard InChI is InChI=1S/C13H12FN3O2/c14-8-4-2-1-3-7(8)11-12-9(15-6-16-12)5-10(17-11)13(18)19/h1-4,6,10-11,17H,5H2,(H,15,16)(H,18,19)/t10-,11?/m0/s1. The summed E-state index contributed by atoms with van der Waals surface area (Å²) in [6, 6.07) is 5.01. The van der Waals surface area contributed by atoms with E-state index >= 15 is 0 Å². The zero-order chi connectivity index (χ0) is 13.4. The molecular weight excluding hydrogens is 249 g/mol. The second-order valence-corrected chi connectivity index (χ2v) is 4.48. The van der Waals surface area contributed by atoms with Crippen molar-refractivity contribution < 1.29 is 14.3 Å². The molecule has 1 aliphatic rings. The van der Waals surface area contributed by atoms with Crippen LogP contribution in [0.25, 0.3) is 0 Å². The highest BCUT2D eigenvalue weighted by atomic mass is 19.1. The van der Waals surface area contributed by atoms with Gasteiger partial charge in [-0.2, -0.15) is 0 Å². The zero-order valence-corrected chi connectivity index (χ0v) is 9.93. The van der Waals surface area contributed by atoms with Crippen LogP contribution in [-0.2, 0) is 11.2 Å². The molecule has 6 heteroatoms. The monoisotopic (exact) mass is 261 g/mol. The lowest BCUT2D eigenvalue weighted by molar-refractivity contribution is -0.139. The number of hydrogen-bond donors (Lipinski definition) is 3. The summed E-state index contributed by atoms with van der Waals surface area (Å²) in [5, 5.41) is 12.1. The molecule has 0 spiro atoms. The second-order valence-electron chi connectivity index (χ2n) is 4.48. The lowest BCUT2D eigenvalue weighted by atomic mass is 9.94. The Morgan fingerprint density at radius 2 is 2.21 bits per heavy atom. The van der Waals surface area contributed by atoms with E-state index in [2.05, 4.69) is 15.3 Å². The summed E-state index contributed by atoms with van der Waals surface area (Å²) < 4.78 is 13.9. The first-order valence-electron chi connectivity index (χ1n) is 5.92. The van der Waals surface area contributed by atoms with E-state index in [0.717, 1.165) is 5.69 Å². The van der Waals surface area contributed by atoms with Gasteiger partial charge in [0.05, 0.1) is 18.1 Å². The first-order valence-corrected chi connectivity index (χ1v) is 5.92. The smallest absolute Gasteiger partial charge is 0.321 e. The molecule has 0 amide bonds. The highest BCUT2D eigenvalue weighted by Gasteiger charge is 2.34. The van der Waals surface area contributed by atoms with Gasteiger partial charge in [0.1, 0.15) is 11.9 Å². The van der Waals surface area contributed by atoms with Crippen LogP contribution in [0.3, 0.4) is 0 Å². The molecule has 1 aliphatic heterocycles. The summed E-state index contributed by atoms with van der Waals surface area (Å²) in [6.45, 7) is 0. The fraction of sp³-hybridized carbons (Fsp3) is 0.231. The highest BCUT2D eigenvalue weighted by Crippen LogP contribution is 2.29. The number of hydrogen-bond acceptors (Lipinski definition) is 3. The van der Waals surface area contributed by atoms with E-state index in [1.165, 1.54) is 12.4 Å². The van der Waals surface area contributed by atoms with Crippen molar-refractivity contribution in [2.24, 2.45) is 0 Å². The third kappa shape index (κ3) is 2.00. The van der Waals surface area contributed by atoms with E-state index in [1.54, 1.807) is 18.2 Å². The summed E-state index contributed by atoms with van der Waals surface area (Å²) in [7, 11) is 0. The normalized spacial score (nSPS) is 21.9. The molecule has 1 aromatic carbocycles. The number of fused-ring (bicyclic) bond motifs is 1. The molecule has 1 aromatic heterocycles. The number of nitrogens with zero attached hydrogens (tertiary/aromatic N) is 1. The maximum absolute atomic E-state index is 13.9. The van der Waals surface area contributed by atoms with Crippen LogP contribution in [0.15, 0.2) is 30.6 Å². The molecule has 0 aliphatic carbocycles. The van der Waals surface area contributed by atoms with Gasteiger partial charge in [-0.1, -0.05) is 18.2 Å². The van der Waals surface area contributed by atoms with Crippen molar-refractivity contribution in [3.63, 3.8) is 0 Å². The van der Waals surface area contributed by atoms with Crippen LogP contribution in [0.4, 0.5) is 4.39 Å². The van der Waals surface area contributed by atoms with E-state index in [1.807, 2.05) is 0 Å². The molecule has 0 radical (unpaired) electrons. The first-order chi connectivity index (χ1) is 9.16. The molecule has 98 valence electrons. The van der Waals surface area contributed by atoms with Crippen molar-refractivity contribution in [1.82, 2.24) is 15.3 Å². The summed E-state index contributed by atoms with van der Waals surface area (Å²) in [4.78, 5) is 18.3. The number of imidazole rings is 1. The van der Waals surface area contributed by atoms with Crippen molar-refractivity contribution in [2.45, 2.75) is 18.5 Å². The Bertz CT molecular complexity index is 626. The predicted molar refractivity (Wildman–Crippen MR) is 65.1 cm³/mol. The molecule has 0 saturated carbocycles. The topological polar surface area (TPSA) is 78.0 Å². The fourth-order valence-electron chi connectivity index (χ4n) is 2.39. The maximum Gasteiger partial charge on any atom is 0.321 e. The van der Waals surface area contributed by atoms with Gasteiger partial charge in [-0.15, -0.1) is 0 Å². The van der Waals surface area contributed by atoms with Gasteiger partial charge in [-0.25, -0.2) is 9.37 Å². The maximum atomic E-state index is 13.9. The van der Waals surface area contributed by atoms with Crippen LogP contribution in [-0.4, -0.2) is 27.1 Å². The highest BCUT2D eigenvalue weighted by molar-refractivity contribution is 5.74. The van der Waals surface area contributed by atoms with Gasteiger partial charge in [-0.05, 0) is 6.07 Å². The van der Waals surface area contributed by atoms with Gasteiger partial charge in [0.15, 0.2) is 0 Å². The number of carboxylic acids is 1. The number of rotatable bonds is 2. The number of H-pyrrole nitrogens is 1. The SMILES string of the molecule is O=C(O)[C@@H]1Cc2[nH]cnc2C(c2ccccc2F)N1. The van der Waals surface area contributed by atoms with E-state index < -0.39 is 18.1 Å². The van der Waals surface area contributed by atoms with Gasteiger partial charge < -0.3 is 10.1 Å². The van der Waals surface area contributed by atoms with Crippen molar-refractivity contribution in [3.8, 4) is 0 Å². The Hall–Kier alpha value is -2.21. The van der Waals surface area contributed by atoms with Crippen LogP contribution < -0.4 is 5.32 Å². The minimum absolute atomic E-state index is 0.315. The van der Waals surface area contributed by atoms with Crippen LogP contribution in [0, 0.1) is 5.82 Å². The Labute approximate surface area is 108 Å². The van der Waals surface area contributed by atoms with Gasteiger partial charge in [-0.3, -0.25) is 10.1 Å². The van der Waals surface area contributed by atoms with E-state index in [9.17, 15) is 9.18 Å². The molecule has 19 heavy (non-hydrogen) atoms. The van der Waals surface area contributed by atoms with Gasteiger partial charge in [0, 0.05) is 17.7 Å². The van der Waals surface area contributed by atoms with Crippen molar-refractivity contribution in [2.75, 3.05) is 0 Å². The van der Waals surface area contributed by atoms with E-state index in [0.29, 0.717) is 17.7 Å². The summed E-state index contributed by atoms with van der Waals surface area (Å²) in [6.07, 6.45) is 1.82. The number of carboxylic acid groups (broad SMARTS) is 1. The molecule has 0 bridgehead atoms. The lowest BCUT2D eigenvalue weighted by Gasteiger charge is -2.28. The number of nitrogens with one attached hydrogen (secondary N) is 2. The summed E-state index contributed by atoms with van der Waals surface area (Å²) in [5.74, 6) is -1.33. The minimum Gasteiger partial charge on any atom is -0.480 e. The molecule has 2 atom stereocenters. The largest absolute Gasteiger partial charge is 0.480 e. The number of benzene rings is 1. The Balaban J connectivity index is 2.06. The molecular formula is C13H12FN3O2.